The minimum absolute atomic E-state index is 0.184. The zero-order valence-electron chi connectivity index (χ0n) is 12.8. The first kappa shape index (κ1) is 16.9. The zero-order valence-corrected chi connectivity index (χ0v) is 12.8. The number of amides is 2. The number of nitrogens with one attached hydrogen (secondary N) is 2. The van der Waals surface area contributed by atoms with Crippen LogP contribution in [0.2, 0.25) is 0 Å². The first-order valence-electron chi connectivity index (χ1n) is 7.02. The molecule has 1 aromatic carbocycles. The van der Waals surface area contributed by atoms with Crippen LogP contribution in [0.15, 0.2) is 30.5 Å². The first-order valence-corrected chi connectivity index (χ1v) is 7.02. The van der Waals surface area contributed by atoms with Crippen molar-refractivity contribution in [3.05, 3.63) is 53.4 Å². The third-order valence-corrected chi connectivity index (χ3v) is 3.47. The minimum atomic E-state index is -1.16. The Labute approximate surface area is 132 Å². The number of aromatic nitrogens is 2. The Morgan fingerprint density at radius 2 is 2.09 bits per heavy atom. The van der Waals surface area contributed by atoms with Crippen molar-refractivity contribution in [3.8, 4) is 0 Å². The molecule has 0 radical (unpaired) electrons. The second-order valence-corrected chi connectivity index (χ2v) is 5.18. The molecule has 6 nitrogen and oxygen atoms in total. The number of aliphatic hydroxyl groups excluding tert-OH is 1. The van der Waals surface area contributed by atoms with Crippen LogP contribution in [0.1, 0.15) is 24.3 Å². The Hall–Kier alpha value is -2.48. The van der Waals surface area contributed by atoms with Crippen molar-refractivity contribution in [3.63, 3.8) is 0 Å². The summed E-state index contributed by atoms with van der Waals surface area (Å²) in [5, 5.41) is 19.3. The van der Waals surface area contributed by atoms with Crippen molar-refractivity contribution in [2.45, 2.75) is 25.6 Å². The molecule has 1 aromatic heterocycles. The van der Waals surface area contributed by atoms with Crippen molar-refractivity contribution < 1.29 is 18.7 Å². The second-order valence-electron chi connectivity index (χ2n) is 5.18. The Morgan fingerprint density at radius 1 is 1.35 bits per heavy atom. The summed E-state index contributed by atoms with van der Waals surface area (Å²) in [4.78, 5) is 11.8. The lowest BCUT2D eigenvalue weighted by Crippen LogP contribution is -2.43. The van der Waals surface area contributed by atoms with E-state index in [0.717, 1.165) is 17.8 Å². The number of rotatable bonds is 5. The van der Waals surface area contributed by atoms with E-state index in [-0.39, 0.29) is 12.1 Å². The van der Waals surface area contributed by atoms with Gasteiger partial charge in [0.1, 0.15) is 0 Å². The standard InChI is InChI=1S/C15H18F2N4O2/c1-9(14(22)10-3-4-12(16)13(17)7-10)20-15(23)18-8-11-5-6-19-21(11)2/h3-7,9,14,22H,8H2,1-2H3,(H2,18,20,23). The SMILES string of the molecule is CC(NC(=O)NCc1ccnn1C)C(O)c1ccc(F)c(F)c1. The number of hydrogen-bond acceptors (Lipinski definition) is 3. The van der Waals surface area contributed by atoms with Gasteiger partial charge in [-0.2, -0.15) is 5.10 Å². The molecule has 2 atom stereocenters. The van der Waals surface area contributed by atoms with Crippen LogP contribution in [0, 0.1) is 11.6 Å². The third kappa shape index (κ3) is 4.26. The van der Waals surface area contributed by atoms with Crippen LogP contribution < -0.4 is 10.6 Å². The van der Waals surface area contributed by atoms with Crippen molar-refractivity contribution in [1.29, 1.82) is 0 Å². The van der Waals surface area contributed by atoms with Gasteiger partial charge in [-0.1, -0.05) is 6.07 Å². The molecule has 8 heteroatoms. The molecule has 2 aromatic rings. The molecule has 124 valence electrons. The maximum absolute atomic E-state index is 13.2. The Bertz CT molecular complexity index is 690. The van der Waals surface area contributed by atoms with Crippen LogP contribution in [-0.2, 0) is 13.6 Å². The summed E-state index contributed by atoms with van der Waals surface area (Å²) in [5.74, 6) is -2.04. The summed E-state index contributed by atoms with van der Waals surface area (Å²) in [6, 6.07) is 3.70. The molecule has 2 rings (SSSR count). The summed E-state index contributed by atoms with van der Waals surface area (Å²) in [5.41, 5.74) is 0.997. The molecule has 0 aliphatic rings. The van der Waals surface area contributed by atoms with E-state index in [1.165, 1.54) is 6.07 Å². The number of halogens is 2. The summed E-state index contributed by atoms with van der Waals surface area (Å²) in [6.45, 7) is 1.84. The van der Waals surface area contributed by atoms with E-state index in [0.29, 0.717) is 0 Å². The summed E-state index contributed by atoms with van der Waals surface area (Å²) >= 11 is 0. The van der Waals surface area contributed by atoms with Gasteiger partial charge in [-0.3, -0.25) is 4.68 Å². The van der Waals surface area contributed by atoms with Gasteiger partial charge in [0.2, 0.25) is 0 Å². The predicted molar refractivity (Wildman–Crippen MR) is 79.4 cm³/mol. The molecule has 2 unspecified atom stereocenters. The molecule has 0 bridgehead atoms. The predicted octanol–water partition coefficient (Wildman–Crippen LogP) is 1.62. The van der Waals surface area contributed by atoms with Crippen LogP contribution in [0.5, 0.6) is 0 Å². The van der Waals surface area contributed by atoms with E-state index >= 15 is 0 Å². The van der Waals surface area contributed by atoms with Crippen molar-refractivity contribution in [2.75, 3.05) is 0 Å². The van der Waals surface area contributed by atoms with Crippen LogP contribution in [0.25, 0.3) is 0 Å². The van der Waals surface area contributed by atoms with Gasteiger partial charge in [0.05, 0.1) is 24.4 Å². The van der Waals surface area contributed by atoms with Gasteiger partial charge >= 0.3 is 6.03 Å². The van der Waals surface area contributed by atoms with Gasteiger partial charge in [-0.05, 0) is 30.7 Å². The second kappa shape index (κ2) is 7.19. The fourth-order valence-electron chi connectivity index (χ4n) is 2.07. The number of aliphatic hydroxyl groups is 1. The minimum Gasteiger partial charge on any atom is -0.386 e. The number of benzene rings is 1. The number of aryl methyl sites for hydroxylation is 1. The maximum Gasteiger partial charge on any atom is 0.315 e. The van der Waals surface area contributed by atoms with Crippen molar-refractivity contribution in [1.82, 2.24) is 20.4 Å². The monoisotopic (exact) mass is 324 g/mol. The van der Waals surface area contributed by atoms with E-state index in [9.17, 15) is 18.7 Å². The average Bonchev–Trinajstić information content (AvgIpc) is 2.92. The highest BCUT2D eigenvalue weighted by molar-refractivity contribution is 5.74. The Morgan fingerprint density at radius 3 is 2.70 bits per heavy atom. The van der Waals surface area contributed by atoms with Gasteiger partial charge in [-0.15, -0.1) is 0 Å². The molecule has 0 aliphatic carbocycles. The van der Waals surface area contributed by atoms with Gasteiger partial charge in [0.25, 0.3) is 0 Å². The molecular formula is C15H18F2N4O2. The number of carbonyl (C=O) groups is 1. The molecule has 0 saturated heterocycles. The highest BCUT2D eigenvalue weighted by atomic mass is 19.2. The molecule has 0 fully saturated rings. The topological polar surface area (TPSA) is 79.2 Å². The van der Waals surface area contributed by atoms with Gasteiger partial charge in [0, 0.05) is 13.2 Å². The van der Waals surface area contributed by atoms with Gasteiger partial charge < -0.3 is 15.7 Å². The normalized spacial score (nSPS) is 13.4. The van der Waals surface area contributed by atoms with Crippen LogP contribution in [0.3, 0.4) is 0 Å². The van der Waals surface area contributed by atoms with Crippen LogP contribution >= 0.6 is 0 Å². The average molecular weight is 324 g/mol. The van der Waals surface area contributed by atoms with Gasteiger partial charge in [-0.25, -0.2) is 13.6 Å². The van der Waals surface area contributed by atoms with Crippen molar-refractivity contribution in [2.24, 2.45) is 7.05 Å². The lowest BCUT2D eigenvalue weighted by molar-refractivity contribution is 0.137. The lowest BCUT2D eigenvalue weighted by atomic mass is 10.0. The van der Waals surface area contributed by atoms with Crippen LogP contribution in [-0.4, -0.2) is 27.0 Å². The molecule has 23 heavy (non-hydrogen) atoms. The molecule has 0 spiro atoms. The summed E-state index contributed by atoms with van der Waals surface area (Å²) in [6.07, 6.45) is 0.456. The number of urea groups is 1. The smallest absolute Gasteiger partial charge is 0.315 e. The molecule has 0 aliphatic heterocycles. The quantitative estimate of drug-likeness (QED) is 0.782. The fourth-order valence-corrected chi connectivity index (χ4v) is 2.07. The van der Waals surface area contributed by atoms with Gasteiger partial charge in [0.15, 0.2) is 11.6 Å². The lowest BCUT2D eigenvalue weighted by Gasteiger charge is -2.21. The highest BCUT2D eigenvalue weighted by Crippen LogP contribution is 2.19. The third-order valence-electron chi connectivity index (χ3n) is 3.47. The molecule has 3 N–H and O–H groups in total. The van der Waals surface area contributed by atoms with E-state index in [2.05, 4.69) is 15.7 Å². The van der Waals surface area contributed by atoms with E-state index in [4.69, 9.17) is 0 Å². The summed E-state index contributed by atoms with van der Waals surface area (Å²) < 4.78 is 27.7. The number of carbonyl (C=O) groups excluding carboxylic acids is 1. The Kier molecular flexibility index (Phi) is 5.28. The van der Waals surface area contributed by atoms with E-state index in [1.807, 2.05) is 0 Å². The zero-order chi connectivity index (χ0) is 17.0. The molecule has 0 saturated carbocycles. The summed E-state index contributed by atoms with van der Waals surface area (Å²) in [7, 11) is 1.75. The number of nitrogens with zero attached hydrogens (tertiary/aromatic N) is 2. The molecular weight excluding hydrogens is 306 g/mol. The highest BCUT2D eigenvalue weighted by Gasteiger charge is 2.19. The number of hydrogen-bond donors (Lipinski definition) is 3. The largest absolute Gasteiger partial charge is 0.386 e. The molecule has 1 heterocycles. The van der Waals surface area contributed by atoms with Crippen molar-refractivity contribution >= 4 is 6.03 Å². The van der Waals surface area contributed by atoms with E-state index in [1.54, 1.807) is 30.9 Å². The van der Waals surface area contributed by atoms with Crippen LogP contribution in [0.4, 0.5) is 13.6 Å². The molecule has 2 amide bonds. The fraction of sp³-hybridized carbons (Fsp3) is 0.333. The first-order chi connectivity index (χ1) is 10.9. The Balaban J connectivity index is 1.89. The maximum atomic E-state index is 13.2. The van der Waals surface area contributed by atoms with E-state index < -0.39 is 29.8 Å².